The summed E-state index contributed by atoms with van der Waals surface area (Å²) in [7, 11) is -1.80. The van der Waals surface area contributed by atoms with Crippen molar-refractivity contribution < 1.29 is 27.0 Å². The number of anilines is 2. The van der Waals surface area contributed by atoms with Crippen LogP contribution in [0.4, 0.5) is 17.1 Å². The minimum Gasteiger partial charge on any atom is -0.661 e. The van der Waals surface area contributed by atoms with E-state index in [2.05, 4.69) is 148 Å². The molecule has 3 nitrogen and oxygen atoms in total. The van der Waals surface area contributed by atoms with Gasteiger partial charge >= 0.3 is 20.1 Å². The first-order chi connectivity index (χ1) is 29.9. The Morgan fingerprint density at radius 3 is 2.25 bits per heavy atom. The molecule has 1 saturated carbocycles. The van der Waals surface area contributed by atoms with Gasteiger partial charge in [0.2, 0.25) is 0 Å². The summed E-state index contributed by atoms with van der Waals surface area (Å²) in [4.78, 5) is 7.09. The quantitative estimate of drug-likeness (QED) is 0.112. The molecule has 6 heteroatoms. The van der Waals surface area contributed by atoms with E-state index in [0.29, 0.717) is 23.1 Å². The SMILES string of the molecule is CC(C)c1cccc(C(C)C)c1N1c2ccccc2[N-]C1c1[c-]cc2sc3ccccc3c2c1.[2H]C([2H])([2H])c1c[c-]c(-c2cc(C([2H])([2H])C3CCCCC3)c([Si](C)(C)C)cn2)cc1.[Ir+3]. The Hall–Kier alpha value is -4.06. The third-order valence-electron chi connectivity index (χ3n) is 11.6. The number of aromatic nitrogens is 1. The summed E-state index contributed by atoms with van der Waals surface area (Å²) in [5.41, 5.74) is 9.72. The van der Waals surface area contributed by atoms with Gasteiger partial charge in [-0.1, -0.05) is 157 Å². The second-order valence-corrected chi connectivity index (χ2v) is 23.7. The Balaban J connectivity index is 0.000000191. The van der Waals surface area contributed by atoms with Gasteiger partial charge in [0.25, 0.3) is 0 Å². The van der Waals surface area contributed by atoms with Gasteiger partial charge in [-0.25, -0.2) is 11.3 Å². The second kappa shape index (κ2) is 18.3. The third-order valence-corrected chi connectivity index (χ3v) is 14.8. The van der Waals surface area contributed by atoms with Crippen LogP contribution in [0.1, 0.15) is 112 Å². The van der Waals surface area contributed by atoms with E-state index in [1.807, 2.05) is 23.6 Å². The van der Waals surface area contributed by atoms with Crippen molar-refractivity contribution >= 4 is 61.8 Å². The summed E-state index contributed by atoms with van der Waals surface area (Å²) in [6, 6.07) is 41.8. The second-order valence-electron chi connectivity index (χ2n) is 17.6. The molecule has 2 aliphatic rings. The van der Waals surface area contributed by atoms with Crippen LogP contribution in [-0.4, -0.2) is 13.1 Å². The van der Waals surface area contributed by atoms with Crippen molar-refractivity contribution in [2.45, 2.75) is 111 Å². The Labute approximate surface area is 379 Å². The molecule has 0 saturated heterocycles. The number of benzene rings is 5. The van der Waals surface area contributed by atoms with E-state index in [0.717, 1.165) is 47.7 Å². The normalized spacial score (nSPS) is 17.3. The predicted molar refractivity (Wildman–Crippen MR) is 254 cm³/mol. The number of hydrogen-bond donors (Lipinski definition) is 0. The number of rotatable bonds is 8. The fourth-order valence-corrected chi connectivity index (χ4v) is 11.0. The Morgan fingerprint density at radius 1 is 0.831 bits per heavy atom. The topological polar surface area (TPSA) is 30.2 Å². The summed E-state index contributed by atoms with van der Waals surface area (Å²) in [6.07, 6.45) is 5.54. The maximum Gasteiger partial charge on any atom is 3.00 e. The van der Waals surface area contributed by atoms with Crippen LogP contribution in [0.3, 0.4) is 0 Å². The average Bonchev–Trinajstić information content (AvgIpc) is 3.84. The minimum atomic E-state index is -2.16. The molecule has 5 aromatic carbocycles. The molecule has 1 aliphatic heterocycles. The smallest absolute Gasteiger partial charge is 0.661 e. The zero-order valence-electron chi connectivity index (χ0n) is 40.3. The van der Waals surface area contributed by atoms with Gasteiger partial charge in [0, 0.05) is 29.1 Å². The molecule has 1 aliphatic carbocycles. The van der Waals surface area contributed by atoms with Crippen molar-refractivity contribution in [2.24, 2.45) is 5.92 Å². The van der Waals surface area contributed by atoms with Crippen molar-refractivity contribution in [1.29, 1.82) is 0 Å². The van der Waals surface area contributed by atoms with Gasteiger partial charge in [-0.15, -0.1) is 46.5 Å². The number of fused-ring (bicyclic) bond motifs is 4. The zero-order chi connectivity index (χ0) is 44.8. The first-order valence-electron chi connectivity index (χ1n) is 23.5. The van der Waals surface area contributed by atoms with Crippen molar-refractivity contribution in [1.82, 2.24) is 4.98 Å². The molecule has 0 bridgehead atoms. The van der Waals surface area contributed by atoms with Gasteiger partial charge in [-0.3, -0.25) is 0 Å². The molecule has 0 amide bonds. The molecule has 2 aromatic heterocycles. The van der Waals surface area contributed by atoms with E-state index in [4.69, 9.17) is 12.2 Å². The molecule has 7 aromatic rings. The maximum absolute atomic E-state index is 9.03. The van der Waals surface area contributed by atoms with E-state index in [1.54, 1.807) is 12.1 Å². The summed E-state index contributed by atoms with van der Waals surface area (Å²) in [5, 5.41) is 8.92. The third kappa shape index (κ3) is 9.17. The summed E-state index contributed by atoms with van der Waals surface area (Å²) < 4.78 is 43.2. The van der Waals surface area contributed by atoms with Crippen LogP contribution in [0.2, 0.25) is 19.6 Å². The monoisotopic (exact) mass is 994 g/mol. The minimum absolute atomic E-state index is 0. The predicted octanol–water partition coefficient (Wildman–Crippen LogP) is 15.5. The largest absolute Gasteiger partial charge is 3.00 e. The number of pyridine rings is 1. The summed E-state index contributed by atoms with van der Waals surface area (Å²) in [6.45, 7) is 13.6. The molecule has 0 radical (unpaired) electrons. The van der Waals surface area contributed by atoms with Crippen molar-refractivity contribution in [2.75, 3.05) is 4.90 Å². The molecule has 59 heavy (non-hydrogen) atoms. The van der Waals surface area contributed by atoms with E-state index in [-0.39, 0.29) is 37.8 Å². The number of aryl methyl sites for hydroxylation is 1. The first-order valence-corrected chi connectivity index (χ1v) is 25.3. The van der Waals surface area contributed by atoms with Gasteiger partial charge in [-0.05, 0) is 69.8 Å². The molecule has 1 unspecified atom stereocenters. The van der Waals surface area contributed by atoms with Crippen molar-refractivity contribution in [3.63, 3.8) is 0 Å². The first kappa shape index (κ1) is 36.8. The Bertz CT molecular complexity index is 2710. The molecular weight excluding hydrogens is 931 g/mol. The summed E-state index contributed by atoms with van der Waals surface area (Å²) in [5.74, 6) is 0.854. The van der Waals surface area contributed by atoms with Gasteiger partial charge < -0.3 is 15.2 Å². The molecule has 3 heterocycles. The molecular formula is C53H58IrN3SSi. The van der Waals surface area contributed by atoms with Crippen molar-refractivity contribution in [3.8, 4) is 11.3 Å². The van der Waals surface area contributed by atoms with Crippen LogP contribution >= 0.6 is 11.3 Å². The van der Waals surface area contributed by atoms with E-state index >= 15 is 0 Å². The van der Waals surface area contributed by atoms with Crippen molar-refractivity contribution in [3.05, 3.63) is 155 Å². The van der Waals surface area contributed by atoms with Crippen LogP contribution in [0.15, 0.2) is 109 Å². The number of para-hydroxylation sites is 3. The van der Waals surface area contributed by atoms with Crippen LogP contribution < -0.4 is 10.1 Å². The number of hydrogen-bond acceptors (Lipinski definition) is 3. The molecule has 0 spiro atoms. The van der Waals surface area contributed by atoms with E-state index in [1.165, 1.54) is 55.2 Å². The van der Waals surface area contributed by atoms with E-state index < -0.39 is 21.3 Å². The van der Waals surface area contributed by atoms with Gasteiger partial charge in [-0.2, -0.15) is 23.8 Å². The molecule has 0 N–H and O–H groups in total. The molecule has 9 rings (SSSR count). The Kier molecular flexibility index (Phi) is 11.4. The Morgan fingerprint density at radius 2 is 1.56 bits per heavy atom. The number of nitrogens with zero attached hydrogens (tertiary/aromatic N) is 3. The maximum atomic E-state index is 9.03. The molecule has 304 valence electrons. The fraction of sp³-hybridized carbons (Fsp3) is 0.340. The van der Waals surface area contributed by atoms with Crippen LogP contribution in [0.25, 0.3) is 36.7 Å². The zero-order valence-corrected chi connectivity index (χ0v) is 39.5. The average molecular weight is 994 g/mol. The van der Waals surface area contributed by atoms with Crippen LogP contribution in [-0.2, 0) is 26.5 Å². The van der Waals surface area contributed by atoms with E-state index in [9.17, 15) is 0 Å². The van der Waals surface area contributed by atoms with Gasteiger partial charge in [0.1, 0.15) is 0 Å². The standard InChI is InChI=1S/C31H28N2S.C22H30NSi.Ir/c1-19(2)22-11-9-12-23(20(3)4)30(22)33-27-14-7-6-13-26(27)32-31(33)21-16-17-29-25(18-21)24-10-5-8-15-28(24)34-29;1-17-10-12-19(13-11-17)21-15-20(14-18-8-6-5-7-9-18)22(16-23-21)24(2,3)4;/h5-15,17-20,31H,1-4H3;10-12,15-16,18H,5-9,14H2,1-4H3;/q-2;-1;+3/i;1D3,14D2;. The van der Waals surface area contributed by atoms with Crippen LogP contribution in [0, 0.1) is 24.9 Å². The van der Waals surface area contributed by atoms with Crippen LogP contribution in [0.5, 0.6) is 0 Å². The molecule has 1 fully saturated rings. The summed E-state index contributed by atoms with van der Waals surface area (Å²) >= 11 is 1.83. The van der Waals surface area contributed by atoms with Gasteiger partial charge in [0.05, 0.1) is 8.07 Å². The molecule has 1 atom stereocenters. The fourth-order valence-electron chi connectivity index (χ4n) is 8.55. The number of thiophene rings is 1. The van der Waals surface area contributed by atoms with Gasteiger partial charge in [0.15, 0.2) is 0 Å².